The molecule has 3 aliphatic heterocycles. The summed E-state index contributed by atoms with van der Waals surface area (Å²) in [5, 5.41) is 67.8. The van der Waals surface area contributed by atoms with Gasteiger partial charge in [-0.25, -0.2) is 4.79 Å². The molecular weight excluding hydrogens is 748 g/mol. The fourth-order valence-corrected chi connectivity index (χ4v) is 8.64. The SMILES string of the molecule is C/C=C/[C@H]1O[C@@](O)([C@@H](C)[C@H](O)[C@H](C)[C@H]2OC(=O)/C(OC)=C\C(C)=C/[C@@H](C)[C@@H](O)[C@@H](CC)[C@@H](O)[C@H](C)C/C(C)=C\C=C/[C@@H]2OC)C[C@@H](O[C@H]2C[C@@H](O)[C@H](O)[C@@H](C)O2)[C@@H]1C. The van der Waals surface area contributed by atoms with Crippen LogP contribution in [0.5, 0.6) is 0 Å². The Balaban J connectivity index is 2.02. The van der Waals surface area contributed by atoms with E-state index in [2.05, 4.69) is 0 Å². The van der Waals surface area contributed by atoms with Crippen LogP contribution in [0.2, 0.25) is 0 Å². The first-order valence-electron chi connectivity index (χ1n) is 21.0. The van der Waals surface area contributed by atoms with Crippen molar-refractivity contribution in [2.24, 2.45) is 35.5 Å². The molecule has 2 fully saturated rings. The third-order valence-electron chi connectivity index (χ3n) is 12.5. The van der Waals surface area contributed by atoms with Gasteiger partial charge in [-0.1, -0.05) is 89.1 Å². The number of aliphatic hydroxyl groups is 6. The normalized spacial score (nSPS) is 43.9. The van der Waals surface area contributed by atoms with Crippen molar-refractivity contribution >= 4 is 5.97 Å². The molecule has 0 saturated carbocycles. The molecule has 0 spiro atoms. The minimum absolute atomic E-state index is 0.0414. The zero-order valence-electron chi connectivity index (χ0n) is 36.7. The van der Waals surface area contributed by atoms with Crippen LogP contribution in [-0.4, -0.2) is 124 Å². The molecule has 18 atom stereocenters. The van der Waals surface area contributed by atoms with E-state index in [-0.39, 0.29) is 42.3 Å². The molecule has 0 aromatic carbocycles. The Morgan fingerprint density at radius 3 is 2.29 bits per heavy atom. The van der Waals surface area contributed by atoms with Gasteiger partial charge in [0.2, 0.25) is 5.76 Å². The summed E-state index contributed by atoms with van der Waals surface area (Å²) in [6.45, 7) is 18.3. The number of rotatable bonds is 10. The van der Waals surface area contributed by atoms with Gasteiger partial charge in [-0.05, 0) is 52.5 Å². The first kappa shape index (κ1) is 49.9. The number of cyclic esters (lactones) is 1. The van der Waals surface area contributed by atoms with Gasteiger partial charge < -0.3 is 59.1 Å². The summed E-state index contributed by atoms with van der Waals surface area (Å²) in [4.78, 5) is 13.9. The second kappa shape index (κ2) is 22.4. The number of methoxy groups -OCH3 is 2. The summed E-state index contributed by atoms with van der Waals surface area (Å²) in [5.74, 6) is -5.78. The topological polar surface area (TPSA) is 194 Å². The van der Waals surface area contributed by atoms with E-state index < -0.39 is 90.9 Å². The molecule has 13 nitrogen and oxygen atoms in total. The summed E-state index contributed by atoms with van der Waals surface area (Å²) in [7, 11) is 2.83. The van der Waals surface area contributed by atoms with Crippen LogP contribution in [0.1, 0.15) is 94.9 Å². The fourth-order valence-electron chi connectivity index (χ4n) is 8.64. The Labute approximate surface area is 346 Å². The Hall–Kier alpha value is -2.43. The zero-order valence-corrected chi connectivity index (χ0v) is 36.7. The Kier molecular flexibility index (Phi) is 19.3. The molecule has 2 saturated heterocycles. The maximum absolute atomic E-state index is 13.9. The van der Waals surface area contributed by atoms with Crippen LogP contribution in [0.25, 0.3) is 0 Å². The molecule has 0 unspecified atom stereocenters. The van der Waals surface area contributed by atoms with Gasteiger partial charge in [0, 0.05) is 49.5 Å². The monoisotopic (exact) mass is 823 g/mol. The van der Waals surface area contributed by atoms with Crippen molar-refractivity contribution in [1.82, 2.24) is 0 Å². The summed E-state index contributed by atoms with van der Waals surface area (Å²) in [6.07, 6.45) is 3.82. The molecule has 332 valence electrons. The predicted molar refractivity (Wildman–Crippen MR) is 220 cm³/mol. The van der Waals surface area contributed by atoms with Crippen LogP contribution >= 0.6 is 0 Å². The summed E-state index contributed by atoms with van der Waals surface area (Å²) >= 11 is 0. The molecule has 3 aliphatic rings. The molecule has 0 aliphatic carbocycles. The van der Waals surface area contributed by atoms with Gasteiger partial charge in [-0.2, -0.15) is 0 Å². The number of aliphatic hydroxyl groups excluding tert-OH is 5. The van der Waals surface area contributed by atoms with Crippen molar-refractivity contribution in [3.8, 4) is 0 Å². The number of carbonyl (C=O) groups is 1. The Bertz CT molecular complexity index is 1450. The molecular formula is C45H74O13. The van der Waals surface area contributed by atoms with Crippen LogP contribution in [0.15, 0.2) is 59.4 Å². The Morgan fingerprint density at radius 1 is 1.03 bits per heavy atom. The Morgan fingerprint density at radius 2 is 1.71 bits per heavy atom. The quantitative estimate of drug-likeness (QED) is 0.129. The average Bonchev–Trinajstić information content (AvgIpc) is 3.17. The van der Waals surface area contributed by atoms with Crippen molar-refractivity contribution < 1.29 is 63.9 Å². The van der Waals surface area contributed by atoms with E-state index in [1.54, 1.807) is 39.8 Å². The van der Waals surface area contributed by atoms with Crippen LogP contribution in [0.3, 0.4) is 0 Å². The number of carbonyl (C=O) groups excluding carboxylic acids is 1. The van der Waals surface area contributed by atoms with Gasteiger partial charge in [0.15, 0.2) is 12.1 Å². The average molecular weight is 823 g/mol. The van der Waals surface area contributed by atoms with E-state index in [1.165, 1.54) is 20.3 Å². The molecule has 0 aromatic heterocycles. The zero-order chi connectivity index (χ0) is 43.6. The summed E-state index contributed by atoms with van der Waals surface area (Å²) in [5.41, 5.74) is 1.61. The highest BCUT2D eigenvalue weighted by atomic mass is 16.7. The smallest absolute Gasteiger partial charge is 0.373 e. The van der Waals surface area contributed by atoms with Crippen LogP contribution in [-0.2, 0) is 33.2 Å². The first-order valence-corrected chi connectivity index (χ1v) is 21.0. The van der Waals surface area contributed by atoms with E-state index in [1.807, 2.05) is 65.8 Å². The fraction of sp³-hybridized carbons (Fsp3) is 0.756. The lowest BCUT2D eigenvalue weighted by molar-refractivity contribution is -0.339. The highest BCUT2D eigenvalue weighted by Gasteiger charge is 2.52. The highest BCUT2D eigenvalue weighted by Crippen LogP contribution is 2.42. The van der Waals surface area contributed by atoms with Gasteiger partial charge in [0.1, 0.15) is 18.3 Å². The van der Waals surface area contributed by atoms with Crippen molar-refractivity contribution in [2.45, 2.75) is 168 Å². The molecule has 13 heteroatoms. The lowest BCUT2D eigenvalue weighted by Crippen LogP contribution is -2.59. The standard InChI is InChI=1S/C45H74O13/c1-13-16-34-28(7)37(56-38-22-33(46)42(50)31(10)55-38)23-45(52,58-34)30(9)41(49)29(8)43-35(53-11)18-15-17-24(3)19-26(5)39(47)32(14-2)40(48)27(6)20-25(4)21-36(54-12)44(51)57-43/h13,15-18,20-21,26-35,37-43,46-50,52H,14,19,22-23H2,1-12H3/b16-13+,18-15-,24-17-,25-20-,36-21+/t26-,27-,28-,29+,30+,31-,32+,33-,34-,35+,37-,38+,39+,40-,41-,42-,43-,45-/m1/s1. The molecule has 6 N–H and O–H groups in total. The van der Waals surface area contributed by atoms with Crippen LogP contribution in [0, 0.1) is 35.5 Å². The second-order valence-electron chi connectivity index (χ2n) is 17.1. The van der Waals surface area contributed by atoms with Crippen molar-refractivity contribution in [3.63, 3.8) is 0 Å². The summed E-state index contributed by atoms with van der Waals surface area (Å²) < 4.78 is 36.1. The van der Waals surface area contributed by atoms with E-state index >= 15 is 0 Å². The number of hydrogen-bond donors (Lipinski definition) is 6. The molecule has 0 amide bonds. The highest BCUT2D eigenvalue weighted by molar-refractivity contribution is 5.87. The van der Waals surface area contributed by atoms with Crippen molar-refractivity contribution in [1.29, 1.82) is 0 Å². The maximum Gasteiger partial charge on any atom is 0.373 e. The summed E-state index contributed by atoms with van der Waals surface area (Å²) in [6, 6.07) is 0. The third-order valence-corrected chi connectivity index (χ3v) is 12.5. The minimum Gasteiger partial charge on any atom is -0.490 e. The van der Waals surface area contributed by atoms with Gasteiger partial charge in [0.25, 0.3) is 0 Å². The maximum atomic E-state index is 13.9. The number of allylic oxidation sites excluding steroid dienone is 6. The first-order chi connectivity index (χ1) is 27.2. The predicted octanol–water partition coefficient (Wildman–Crippen LogP) is 4.88. The molecule has 3 heterocycles. The van der Waals surface area contributed by atoms with Gasteiger partial charge >= 0.3 is 5.97 Å². The number of ether oxygens (including phenoxy) is 6. The molecule has 0 bridgehead atoms. The van der Waals surface area contributed by atoms with Crippen LogP contribution < -0.4 is 0 Å². The van der Waals surface area contributed by atoms with Crippen molar-refractivity contribution in [3.05, 3.63) is 59.4 Å². The van der Waals surface area contributed by atoms with Crippen LogP contribution in [0.4, 0.5) is 0 Å². The number of esters is 1. The van der Waals surface area contributed by atoms with E-state index in [9.17, 15) is 35.4 Å². The minimum atomic E-state index is -1.93. The molecule has 0 radical (unpaired) electrons. The second-order valence-corrected chi connectivity index (χ2v) is 17.1. The van der Waals surface area contributed by atoms with Gasteiger partial charge in [-0.15, -0.1) is 0 Å². The van der Waals surface area contributed by atoms with E-state index in [4.69, 9.17) is 28.4 Å². The van der Waals surface area contributed by atoms with Gasteiger partial charge in [-0.3, -0.25) is 0 Å². The third kappa shape index (κ3) is 12.6. The molecule has 3 rings (SSSR count). The number of hydrogen-bond acceptors (Lipinski definition) is 13. The molecule has 0 aromatic rings. The lowest BCUT2D eigenvalue weighted by Gasteiger charge is -2.49. The van der Waals surface area contributed by atoms with Crippen molar-refractivity contribution in [2.75, 3.05) is 14.2 Å². The van der Waals surface area contributed by atoms with Gasteiger partial charge in [0.05, 0.1) is 49.8 Å². The molecule has 58 heavy (non-hydrogen) atoms. The van der Waals surface area contributed by atoms with E-state index in [0.29, 0.717) is 18.4 Å². The van der Waals surface area contributed by atoms with E-state index in [0.717, 1.165) is 5.57 Å². The lowest BCUT2D eigenvalue weighted by atomic mass is 9.77. The largest absolute Gasteiger partial charge is 0.490 e.